The van der Waals surface area contributed by atoms with E-state index < -0.39 is 5.97 Å². The molecule has 1 saturated heterocycles. The largest absolute Gasteiger partial charge is 0.489 e. The van der Waals surface area contributed by atoms with E-state index in [1.807, 2.05) is 54.6 Å². The van der Waals surface area contributed by atoms with Crippen LogP contribution in [-0.4, -0.2) is 35.0 Å². The van der Waals surface area contributed by atoms with Gasteiger partial charge in [-0.05, 0) is 37.0 Å². The first-order valence-electron chi connectivity index (χ1n) is 9.81. The molecule has 6 nitrogen and oxygen atoms in total. The normalized spacial score (nSPS) is 14.8. The number of ether oxygens (including phenoxy) is 1. The van der Waals surface area contributed by atoms with Crippen molar-refractivity contribution in [2.75, 3.05) is 13.1 Å². The van der Waals surface area contributed by atoms with E-state index in [-0.39, 0.29) is 24.9 Å². The zero-order chi connectivity index (χ0) is 20.2. The summed E-state index contributed by atoms with van der Waals surface area (Å²) in [5.74, 6) is 0.201. The van der Waals surface area contributed by atoms with Gasteiger partial charge in [-0.25, -0.2) is 0 Å². The van der Waals surface area contributed by atoms with Crippen molar-refractivity contribution in [1.82, 2.24) is 4.90 Å². The molecule has 150 valence electrons. The maximum Gasteiger partial charge on any atom is 0.303 e. The van der Waals surface area contributed by atoms with Gasteiger partial charge >= 0.3 is 5.97 Å². The van der Waals surface area contributed by atoms with Crippen LogP contribution in [0.2, 0.25) is 0 Å². The number of nitrogens with zero attached hydrogens (tertiary/aromatic N) is 1. The summed E-state index contributed by atoms with van der Waals surface area (Å²) in [5, 5.41) is 9.85. The summed E-state index contributed by atoms with van der Waals surface area (Å²) < 4.78 is 11.8. The topological polar surface area (TPSA) is 80.0 Å². The van der Waals surface area contributed by atoms with Gasteiger partial charge in [-0.1, -0.05) is 36.4 Å². The summed E-state index contributed by atoms with van der Waals surface area (Å²) in [4.78, 5) is 25.9. The second-order valence-electron chi connectivity index (χ2n) is 7.34. The average Bonchev–Trinajstić information content (AvgIpc) is 3.11. The van der Waals surface area contributed by atoms with Gasteiger partial charge in [-0.15, -0.1) is 0 Å². The van der Waals surface area contributed by atoms with Crippen molar-refractivity contribution >= 4 is 22.8 Å². The molecule has 0 atom stereocenters. The second-order valence-corrected chi connectivity index (χ2v) is 7.34. The van der Waals surface area contributed by atoms with Crippen LogP contribution < -0.4 is 4.74 Å². The van der Waals surface area contributed by atoms with Crippen molar-refractivity contribution < 1.29 is 23.8 Å². The van der Waals surface area contributed by atoms with Gasteiger partial charge < -0.3 is 19.2 Å². The van der Waals surface area contributed by atoms with Gasteiger partial charge in [0.15, 0.2) is 5.76 Å². The number of carbonyl (C=O) groups excluding carboxylic acids is 1. The van der Waals surface area contributed by atoms with E-state index in [2.05, 4.69) is 0 Å². The number of carboxylic acids is 1. The van der Waals surface area contributed by atoms with Crippen LogP contribution in [0.5, 0.6) is 5.75 Å². The van der Waals surface area contributed by atoms with Crippen LogP contribution in [0.3, 0.4) is 0 Å². The molecule has 1 aromatic heterocycles. The van der Waals surface area contributed by atoms with Gasteiger partial charge in [0.2, 0.25) is 0 Å². The molecule has 0 spiro atoms. The second kappa shape index (κ2) is 8.39. The molecule has 1 amide bonds. The third kappa shape index (κ3) is 4.26. The lowest BCUT2D eigenvalue weighted by atomic mass is 9.93. The number of rotatable bonds is 6. The molecule has 6 heteroatoms. The molecule has 0 saturated carbocycles. The van der Waals surface area contributed by atoms with Gasteiger partial charge in [0.25, 0.3) is 5.91 Å². The lowest BCUT2D eigenvalue weighted by Crippen LogP contribution is -2.39. The Balaban J connectivity index is 1.55. The zero-order valence-electron chi connectivity index (χ0n) is 16.0. The summed E-state index contributed by atoms with van der Waals surface area (Å²) in [6.07, 6.45) is 1.53. The Kier molecular flexibility index (Phi) is 5.51. The number of hydrogen-bond donors (Lipinski definition) is 1. The number of furan rings is 1. The Morgan fingerprint density at radius 2 is 1.72 bits per heavy atom. The first kappa shape index (κ1) is 19.1. The quantitative estimate of drug-likeness (QED) is 0.674. The Morgan fingerprint density at radius 3 is 2.45 bits per heavy atom. The van der Waals surface area contributed by atoms with E-state index >= 15 is 0 Å². The third-order valence-electron chi connectivity index (χ3n) is 5.38. The molecule has 0 bridgehead atoms. The number of piperidine rings is 1. The fourth-order valence-corrected chi connectivity index (χ4v) is 3.82. The molecule has 4 rings (SSSR count). The van der Waals surface area contributed by atoms with Crippen molar-refractivity contribution in [2.45, 2.75) is 25.9 Å². The van der Waals surface area contributed by atoms with Crippen molar-refractivity contribution in [3.05, 3.63) is 65.9 Å². The van der Waals surface area contributed by atoms with Crippen LogP contribution in [0.1, 0.15) is 35.4 Å². The van der Waals surface area contributed by atoms with Crippen molar-refractivity contribution in [3.63, 3.8) is 0 Å². The van der Waals surface area contributed by atoms with Crippen molar-refractivity contribution in [1.29, 1.82) is 0 Å². The summed E-state index contributed by atoms with van der Waals surface area (Å²) in [6.45, 7) is 1.30. The monoisotopic (exact) mass is 393 g/mol. The predicted molar refractivity (Wildman–Crippen MR) is 108 cm³/mol. The molecule has 3 aromatic rings. The van der Waals surface area contributed by atoms with E-state index in [0.717, 1.165) is 16.7 Å². The molecule has 1 aliphatic rings. The zero-order valence-corrected chi connectivity index (χ0v) is 16.0. The molecule has 1 N–H and O–H groups in total. The summed E-state index contributed by atoms with van der Waals surface area (Å²) in [6, 6.07) is 17.0. The Labute approximate surface area is 168 Å². The molecule has 29 heavy (non-hydrogen) atoms. The summed E-state index contributed by atoms with van der Waals surface area (Å²) >= 11 is 0. The lowest BCUT2D eigenvalue weighted by molar-refractivity contribution is -0.138. The Morgan fingerprint density at radius 1 is 1.03 bits per heavy atom. The highest BCUT2D eigenvalue weighted by atomic mass is 16.5. The van der Waals surface area contributed by atoms with E-state index in [9.17, 15) is 9.59 Å². The number of likely N-dealkylation sites (tertiary alicyclic amines) is 1. The number of amides is 1. The predicted octanol–water partition coefficient (Wildman–Crippen LogP) is 4.34. The van der Waals surface area contributed by atoms with E-state index in [1.165, 1.54) is 0 Å². The minimum Gasteiger partial charge on any atom is -0.489 e. The summed E-state index contributed by atoms with van der Waals surface area (Å²) in [5.41, 5.74) is 1.39. The van der Waals surface area contributed by atoms with Crippen LogP contribution in [0.15, 0.2) is 59.0 Å². The first-order chi connectivity index (χ1) is 14.1. The maximum absolute atomic E-state index is 13.2. The number of benzene rings is 2. The Bertz CT molecular complexity index is 1000. The molecule has 0 radical (unpaired) electrons. The molecule has 1 fully saturated rings. The highest BCUT2D eigenvalue weighted by Crippen LogP contribution is 2.30. The first-order valence-corrected chi connectivity index (χ1v) is 9.81. The third-order valence-corrected chi connectivity index (χ3v) is 5.38. The molecule has 0 aliphatic carbocycles. The highest BCUT2D eigenvalue weighted by molar-refractivity contribution is 5.99. The number of aliphatic carboxylic acids is 1. The van der Waals surface area contributed by atoms with Gasteiger partial charge in [0.1, 0.15) is 17.9 Å². The van der Waals surface area contributed by atoms with Crippen molar-refractivity contribution in [2.24, 2.45) is 5.92 Å². The summed E-state index contributed by atoms with van der Waals surface area (Å²) in [7, 11) is 0. The van der Waals surface area contributed by atoms with Crippen molar-refractivity contribution in [3.8, 4) is 5.75 Å². The van der Waals surface area contributed by atoms with Crippen LogP contribution in [0.4, 0.5) is 0 Å². The van der Waals surface area contributed by atoms with Gasteiger partial charge in [-0.2, -0.15) is 0 Å². The maximum atomic E-state index is 13.2. The highest BCUT2D eigenvalue weighted by Gasteiger charge is 2.29. The molecule has 0 unspecified atom stereocenters. The van der Waals surface area contributed by atoms with Gasteiger partial charge in [-0.3, -0.25) is 9.59 Å². The van der Waals surface area contributed by atoms with Gasteiger partial charge in [0, 0.05) is 30.5 Å². The van der Waals surface area contributed by atoms with Crippen LogP contribution in [0.25, 0.3) is 11.0 Å². The minimum absolute atomic E-state index is 0.119. The molecule has 2 heterocycles. The number of carbonyl (C=O) groups is 2. The minimum atomic E-state index is -0.785. The lowest BCUT2D eigenvalue weighted by Gasteiger charge is -2.31. The fourth-order valence-electron chi connectivity index (χ4n) is 3.82. The molecule has 1 aliphatic heterocycles. The number of para-hydroxylation sites is 2. The molecule has 2 aromatic carbocycles. The fraction of sp³-hybridized carbons (Fsp3) is 0.304. The average molecular weight is 393 g/mol. The number of hydrogen-bond acceptors (Lipinski definition) is 4. The standard InChI is InChI=1S/C23H23NO5/c25-21(26)14-16-10-12-24(13-11-16)23(27)22-19(15-28-17-6-2-1-3-7-17)18-8-4-5-9-20(18)29-22/h1-9,16H,10-15H2,(H,25,26). The number of carboxylic acid groups (broad SMARTS) is 1. The van der Waals surface area contributed by atoms with Crippen LogP contribution >= 0.6 is 0 Å². The smallest absolute Gasteiger partial charge is 0.303 e. The van der Waals surface area contributed by atoms with E-state index in [4.69, 9.17) is 14.3 Å². The Hall–Kier alpha value is -3.28. The van der Waals surface area contributed by atoms with E-state index in [0.29, 0.717) is 37.3 Å². The number of fused-ring (bicyclic) bond motifs is 1. The van der Waals surface area contributed by atoms with Crippen LogP contribution in [0, 0.1) is 5.92 Å². The molecular formula is C23H23NO5. The van der Waals surface area contributed by atoms with Gasteiger partial charge in [0.05, 0.1) is 0 Å². The van der Waals surface area contributed by atoms with Crippen LogP contribution in [-0.2, 0) is 11.4 Å². The van der Waals surface area contributed by atoms with E-state index in [1.54, 1.807) is 4.90 Å². The molecular weight excluding hydrogens is 370 g/mol. The SMILES string of the molecule is O=C(O)CC1CCN(C(=O)c2oc3ccccc3c2COc2ccccc2)CC1.